The van der Waals surface area contributed by atoms with E-state index in [0.29, 0.717) is 6.42 Å². The first kappa shape index (κ1) is 17.1. The number of carboxylic acid groups (broad SMARTS) is 1. The molecule has 0 spiro atoms. The SMILES string of the molecule is CCC(CNS(=O)(=O)c1ccc(F)cc1Br)CC(=O)O. The predicted octanol–water partition coefficient (Wildman–Crippen LogP) is 2.37. The van der Waals surface area contributed by atoms with Crippen molar-refractivity contribution in [3.63, 3.8) is 0 Å². The first-order valence-corrected chi connectivity index (χ1v) is 8.20. The zero-order valence-corrected chi connectivity index (χ0v) is 13.2. The predicted molar refractivity (Wildman–Crippen MR) is 75.3 cm³/mol. The highest BCUT2D eigenvalue weighted by atomic mass is 79.9. The lowest BCUT2D eigenvalue weighted by molar-refractivity contribution is -0.138. The molecule has 1 rings (SSSR count). The Hall–Kier alpha value is -0.990. The third kappa shape index (κ3) is 4.84. The van der Waals surface area contributed by atoms with Crippen molar-refractivity contribution in [3.8, 4) is 0 Å². The van der Waals surface area contributed by atoms with Gasteiger partial charge in [0.2, 0.25) is 10.0 Å². The van der Waals surface area contributed by atoms with Crippen molar-refractivity contribution in [2.75, 3.05) is 6.54 Å². The molecule has 1 aromatic rings. The molecule has 20 heavy (non-hydrogen) atoms. The molecular formula is C12H15BrFNO4S. The molecule has 0 heterocycles. The Bertz CT molecular complexity index is 591. The molecule has 0 aliphatic heterocycles. The summed E-state index contributed by atoms with van der Waals surface area (Å²) in [4.78, 5) is 10.5. The van der Waals surface area contributed by atoms with Crippen LogP contribution >= 0.6 is 15.9 Å². The van der Waals surface area contributed by atoms with Crippen molar-refractivity contribution in [1.82, 2.24) is 4.72 Å². The third-order valence-corrected chi connectivity index (χ3v) is 5.19. The van der Waals surface area contributed by atoms with Gasteiger partial charge in [0.05, 0.1) is 4.90 Å². The number of carbonyl (C=O) groups is 1. The van der Waals surface area contributed by atoms with Gasteiger partial charge in [0.1, 0.15) is 5.82 Å². The zero-order chi connectivity index (χ0) is 15.3. The van der Waals surface area contributed by atoms with Crippen LogP contribution in [0, 0.1) is 11.7 Å². The molecule has 0 aliphatic carbocycles. The fraction of sp³-hybridized carbons (Fsp3) is 0.417. The smallest absolute Gasteiger partial charge is 0.303 e. The average Bonchev–Trinajstić information content (AvgIpc) is 2.33. The van der Waals surface area contributed by atoms with E-state index in [4.69, 9.17) is 5.11 Å². The Morgan fingerprint density at radius 3 is 2.65 bits per heavy atom. The van der Waals surface area contributed by atoms with Crippen molar-refractivity contribution in [2.45, 2.75) is 24.7 Å². The van der Waals surface area contributed by atoms with Crippen LogP contribution in [0.25, 0.3) is 0 Å². The zero-order valence-electron chi connectivity index (χ0n) is 10.8. The van der Waals surface area contributed by atoms with Crippen LogP contribution < -0.4 is 4.72 Å². The topological polar surface area (TPSA) is 83.5 Å². The van der Waals surface area contributed by atoms with Gasteiger partial charge in [-0.25, -0.2) is 17.5 Å². The number of carboxylic acids is 1. The van der Waals surface area contributed by atoms with Crippen molar-refractivity contribution < 1.29 is 22.7 Å². The van der Waals surface area contributed by atoms with E-state index in [1.54, 1.807) is 6.92 Å². The molecule has 0 amide bonds. The van der Waals surface area contributed by atoms with Gasteiger partial charge >= 0.3 is 5.97 Å². The van der Waals surface area contributed by atoms with Crippen LogP contribution in [-0.2, 0) is 14.8 Å². The van der Waals surface area contributed by atoms with E-state index in [1.165, 1.54) is 0 Å². The molecule has 8 heteroatoms. The van der Waals surface area contributed by atoms with Crippen molar-refractivity contribution in [3.05, 3.63) is 28.5 Å². The Morgan fingerprint density at radius 2 is 2.15 bits per heavy atom. The van der Waals surface area contributed by atoms with Crippen LogP contribution in [0.2, 0.25) is 0 Å². The first-order valence-electron chi connectivity index (χ1n) is 5.92. The van der Waals surface area contributed by atoms with Gasteiger partial charge in [0, 0.05) is 17.4 Å². The maximum absolute atomic E-state index is 12.9. The summed E-state index contributed by atoms with van der Waals surface area (Å²) in [6.07, 6.45) is 0.434. The maximum Gasteiger partial charge on any atom is 0.303 e. The Kier molecular flexibility index (Phi) is 6.09. The maximum atomic E-state index is 12.9. The molecule has 112 valence electrons. The molecule has 1 atom stereocenters. The summed E-state index contributed by atoms with van der Waals surface area (Å²) in [6.45, 7) is 1.81. The van der Waals surface area contributed by atoms with E-state index in [0.717, 1.165) is 18.2 Å². The fourth-order valence-electron chi connectivity index (χ4n) is 1.61. The van der Waals surface area contributed by atoms with Gasteiger partial charge in [0.15, 0.2) is 0 Å². The Morgan fingerprint density at radius 1 is 1.50 bits per heavy atom. The molecular weight excluding hydrogens is 353 g/mol. The standard InChI is InChI=1S/C12H15BrFNO4S/c1-2-8(5-12(16)17)7-15-20(18,19)11-4-3-9(14)6-10(11)13/h3-4,6,8,15H,2,5,7H2,1H3,(H,16,17). The van der Waals surface area contributed by atoms with Crippen LogP contribution in [0.5, 0.6) is 0 Å². The minimum absolute atomic E-state index is 0.0228. The monoisotopic (exact) mass is 367 g/mol. The second-order valence-electron chi connectivity index (χ2n) is 4.30. The molecule has 1 aromatic carbocycles. The minimum Gasteiger partial charge on any atom is -0.481 e. The largest absolute Gasteiger partial charge is 0.481 e. The lowest BCUT2D eigenvalue weighted by Gasteiger charge is -2.14. The number of nitrogens with one attached hydrogen (secondary N) is 1. The van der Waals surface area contributed by atoms with Gasteiger partial charge in [-0.2, -0.15) is 0 Å². The van der Waals surface area contributed by atoms with Gasteiger partial charge in [-0.1, -0.05) is 13.3 Å². The van der Waals surface area contributed by atoms with Crippen LogP contribution in [-0.4, -0.2) is 26.0 Å². The van der Waals surface area contributed by atoms with Crippen LogP contribution in [0.1, 0.15) is 19.8 Å². The molecule has 0 bridgehead atoms. The molecule has 0 fully saturated rings. The number of rotatable bonds is 7. The van der Waals surface area contributed by atoms with E-state index in [2.05, 4.69) is 20.7 Å². The van der Waals surface area contributed by atoms with E-state index < -0.39 is 21.8 Å². The summed E-state index contributed by atoms with van der Waals surface area (Å²) in [5.74, 6) is -1.81. The highest BCUT2D eigenvalue weighted by Gasteiger charge is 2.20. The van der Waals surface area contributed by atoms with Crippen LogP contribution in [0.15, 0.2) is 27.6 Å². The summed E-state index contributed by atoms with van der Waals surface area (Å²) in [5.41, 5.74) is 0. The second-order valence-corrected chi connectivity index (χ2v) is 6.89. The molecule has 0 aromatic heterocycles. The summed E-state index contributed by atoms with van der Waals surface area (Å²) >= 11 is 2.99. The van der Waals surface area contributed by atoms with Gasteiger partial charge in [-0.05, 0) is 40.0 Å². The van der Waals surface area contributed by atoms with E-state index >= 15 is 0 Å². The molecule has 0 radical (unpaired) electrons. The van der Waals surface area contributed by atoms with E-state index in [9.17, 15) is 17.6 Å². The van der Waals surface area contributed by atoms with Gasteiger partial charge in [0.25, 0.3) is 0 Å². The van der Waals surface area contributed by atoms with E-state index in [1.807, 2.05) is 0 Å². The van der Waals surface area contributed by atoms with Gasteiger partial charge in [-0.15, -0.1) is 0 Å². The number of aliphatic carboxylic acids is 1. The number of sulfonamides is 1. The van der Waals surface area contributed by atoms with Crippen molar-refractivity contribution in [1.29, 1.82) is 0 Å². The number of benzene rings is 1. The van der Waals surface area contributed by atoms with Gasteiger partial charge in [-0.3, -0.25) is 4.79 Å². The summed E-state index contributed by atoms with van der Waals surface area (Å²) in [5, 5.41) is 8.71. The fourth-order valence-corrected chi connectivity index (χ4v) is 3.77. The van der Waals surface area contributed by atoms with Crippen LogP contribution in [0.3, 0.4) is 0 Å². The first-order chi connectivity index (χ1) is 9.26. The number of hydrogen-bond acceptors (Lipinski definition) is 3. The second kappa shape index (κ2) is 7.14. The normalized spacial score (nSPS) is 13.2. The van der Waals surface area contributed by atoms with Crippen molar-refractivity contribution >= 4 is 31.9 Å². The molecule has 5 nitrogen and oxygen atoms in total. The third-order valence-electron chi connectivity index (χ3n) is 2.79. The Balaban J connectivity index is 2.82. The molecule has 0 aliphatic rings. The minimum atomic E-state index is -3.81. The Labute approximate surface area is 125 Å². The molecule has 1 unspecified atom stereocenters. The highest BCUT2D eigenvalue weighted by molar-refractivity contribution is 9.10. The summed E-state index contributed by atoms with van der Waals surface area (Å²) < 4.78 is 39.5. The molecule has 0 saturated heterocycles. The van der Waals surface area contributed by atoms with Gasteiger partial charge < -0.3 is 5.11 Å². The quantitative estimate of drug-likeness (QED) is 0.774. The average molecular weight is 368 g/mol. The lowest BCUT2D eigenvalue weighted by Crippen LogP contribution is -2.30. The van der Waals surface area contributed by atoms with E-state index in [-0.39, 0.29) is 28.3 Å². The van der Waals surface area contributed by atoms with Crippen molar-refractivity contribution in [2.24, 2.45) is 5.92 Å². The number of hydrogen-bond donors (Lipinski definition) is 2. The molecule has 0 saturated carbocycles. The number of halogens is 2. The lowest BCUT2D eigenvalue weighted by atomic mass is 10.0. The summed E-state index contributed by atoms with van der Waals surface area (Å²) in [6, 6.07) is 3.26. The highest BCUT2D eigenvalue weighted by Crippen LogP contribution is 2.22. The summed E-state index contributed by atoms with van der Waals surface area (Å²) in [7, 11) is -3.81. The van der Waals surface area contributed by atoms with Crippen LogP contribution in [0.4, 0.5) is 4.39 Å². The molecule has 2 N–H and O–H groups in total.